The van der Waals surface area contributed by atoms with Crippen LogP contribution in [0.5, 0.6) is 0 Å². The van der Waals surface area contributed by atoms with Gasteiger partial charge >= 0.3 is 0 Å². The van der Waals surface area contributed by atoms with Crippen LogP contribution >= 0.6 is 0 Å². The summed E-state index contributed by atoms with van der Waals surface area (Å²) in [5.74, 6) is -0.233. The fourth-order valence-electron chi connectivity index (χ4n) is 2.54. The molecule has 1 rings (SSSR count). The van der Waals surface area contributed by atoms with Gasteiger partial charge in [-0.05, 0) is 18.9 Å². The highest BCUT2D eigenvalue weighted by molar-refractivity contribution is 6.77. The molecule has 1 saturated heterocycles. The Balaban J connectivity index is 2.58. The van der Waals surface area contributed by atoms with Gasteiger partial charge in [-0.2, -0.15) is 0 Å². The minimum absolute atomic E-state index is 0.233. The van der Waals surface area contributed by atoms with Crippen molar-refractivity contribution >= 4 is 8.07 Å². The lowest BCUT2D eigenvalue weighted by molar-refractivity contribution is -0.257. The van der Waals surface area contributed by atoms with Gasteiger partial charge in [-0.1, -0.05) is 39.4 Å². The molecule has 0 atom stereocenters. The Kier molecular flexibility index (Phi) is 4.81. The van der Waals surface area contributed by atoms with E-state index in [0.29, 0.717) is 0 Å². The van der Waals surface area contributed by atoms with Gasteiger partial charge in [0.25, 0.3) is 0 Å². The van der Waals surface area contributed by atoms with Gasteiger partial charge in [-0.15, -0.1) is 0 Å². The molecular weight excluding hydrogens is 204 g/mol. The topological polar surface area (TPSA) is 18.5 Å². The molecule has 1 heterocycles. The van der Waals surface area contributed by atoms with Crippen molar-refractivity contribution in [2.24, 2.45) is 0 Å². The van der Waals surface area contributed by atoms with Crippen LogP contribution in [0.15, 0.2) is 0 Å². The van der Waals surface area contributed by atoms with Gasteiger partial charge in [-0.25, -0.2) is 0 Å². The van der Waals surface area contributed by atoms with Crippen LogP contribution in [0, 0.1) is 0 Å². The summed E-state index contributed by atoms with van der Waals surface area (Å²) in [5, 5.41) is 0. The molecule has 0 spiro atoms. The Bertz CT molecular complexity index is 186. The number of hydrogen-bond donors (Lipinski definition) is 0. The molecule has 0 aromatic carbocycles. The van der Waals surface area contributed by atoms with E-state index in [-0.39, 0.29) is 5.79 Å². The van der Waals surface area contributed by atoms with E-state index in [1.807, 2.05) is 0 Å². The molecule has 0 saturated carbocycles. The molecule has 0 aromatic heterocycles. The van der Waals surface area contributed by atoms with E-state index >= 15 is 0 Å². The molecule has 1 aliphatic rings. The average Bonchev–Trinajstić information content (AvgIpc) is 2.18. The molecule has 0 aromatic rings. The van der Waals surface area contributed by atoms with Gasteiger partial charge in [0.05, 0.1) is 21.3 Å². The van der Waals surface area contributed by atoms with Crippen LogP contribution in [0.3, 0.4) is 0 Å². The molecule has 3 heteroatoms. The van der Waals surface area contributed by atoms with Crippen LogP contribution in [0.4, 0.5) is 0 Å². The highest BCUT2D eigenvalue weighted by atomic mass is 28.3. The highest BCUT2D eigenvalue weighted by Gasteiger charge is 2.38. The summed E-state index contributed by atoms with van der Waals surface area (Å²) in [4.78, 5) is 0. The minimum Gasteiger partial charge on any atom is -0.350 e. The van der Waals surface area contributed by atoms with Gasteiger partial charge in [0.15, 0.2) is 5.79 Å². The van der Waals surface area contributed by atoms with E-state index in [0.717, 1.165) is 32.1 Å². The molecule has 0 N–H and O–H groups in total. The van der Waals surface area contributed by atoms with Crippen molar-refractivity contribution in [1.29, 1.82) is 0 Å². The van der Waals surface area contributed by atoms with Crippen molar-refractivity contribution in [2.45, 2.75) is 64.1 Å². The van der Waals surface area contributed by atoms with Crippen LogP contribution in [0.1, 0.15) is 33.1 Å². The third-order valence-electron chi connectivity index (χ3n) is 3.23. The predicted molar refractivity (Wildman–Crippen MR) is 66.9 cm³/mol. The molecule has 15 heavy (non-hydrogen) atoms. The SMILES string of the molecule is CCC[Si](C)(C)CC1(CC)OCCCO1. The molecular formula is C12H26O2Si. The zero-order valence-corrected chi connectivity index (χ0v) is 11.8. The third-order valence-corrected chi connectivity index (χ3v) is 6.58. The first-order valence-electron chi connectivity index (χ1n) is 6.31. The Hall–Kier alpha value is 0.137. The first-order chi connectivity index (χ1) is 7.04. The Morgan fingerprint density at radius 1 is 1.13 bits per heavy atom. The maximum absolute atomic E-state index is 5.91. The monoisotopic (exact) mass is 230 g/mol. The smallest absolute Gasteiger partial charge is 0.165 e. The third kappa shape index (κ3) is 3.89. The zero-order chi connectivity index (χ0) is 11.4. The highest BCUT2D eigenvalue weighted by Crippen LogP contribution is 2.34. The summed E-state index contributed by atoms with van der Waals surface area (Å²) in [6, 6.07) is 2.53. The van der Waals surface area contributed by atoms with E-state index < -0.39 is 8.07 Å². The quantitative estimate of drug-likeness (QED) is 0.671. The number of ether oxygens (including phenoxy) is 2. The van der Waals surface area contributed by atoms with Gasteiger partial charge in [-0.3, -0.25) is 0 Å². The number of hydrogen-bond acceptors (Lipinski definition) is 2. The van der Waals surface area contributed by atoms with Gasteiger partial charge < -0.3 is 9.47 Å². The van der Waals surface area contributed by atoms with Crippen LogP contribution in [-0.4, -0.2) is 27.1 Å². The Morgan fingerprint density at radius 2 is 1.73 bits per heavy atom. The molecule has 0 bridgehead atoms. The average molecular weight is 230 g/mol. The molecule has 0 unspecified atom stereocenters. The van der Waals surface area contributed by atoms with Crippen molar-refractivity contribution in [2.75, 3.05) is 13.2 Å². The van der Waals surface area contributed by atoms with Crippen LogP contribution in [0.2, 0.25) is 25.2 Å². The van der Waals surface area contributed by atoms with E-state index in [1.165, 1.54) is 12.5 Å². The van der Waals surface area contributed by atoms with E-state index in [2.05, 4.69) is 26.9 Å². The minimum atomic E-state index is -1.13. The summed E-state index contributed by atoms with van der Waals surface area (Å²) < 4.78 is 11.8. The van der Waals surface area contributed by atoms with Crippen LogP contribution in [0.25, 0.3) is 0 Å². The second kappa shape index (κ2) is 5.46. The van der Waals surface area contributed by atoms with Crippen molar-refractivity contribution in [1.82, 2.24) is 0 Å². The maximum Gasteiger partial charge on any atom is 0.165 e. The fourth-order valence-corrected chi connectivity index (χ4v) is 5.99. The second-order valence-electron chi connectivity index (χ2n) is 5.41. The Labute approximate surface area is 95.4 Å². The Morgan fingerprint density at radius 3 is 2.20 bits per heavy atom. The lowest BCUT2D eigenvalue weighted by Gasteiger charge is -2.41. The van der Waals surface area contributed by atoms with Crippen LogP contribution < -0.4 is 0 Å². The van der Waals surface area contributed by atoms with Gasteiger partial charge in [0.1, 0.15) is 0 Å². The molecule has 2 nitrogen and oxygen atoms in total. The summed E-state index contributed by atoms with van der Waals surface area (Å²) in [6.07, 6.45) is 3.34. The molecule has 0 amide bonds. The second-order valence-corrected chi connectivity index (χ2v) is 10.6. The summed E-state index contributed by atoms with van der Waals surface area (Å²) in [7, 11) is -1.13. The van der Waals surface area contributed by atoms with E-state index in [9.17, 15) is 0 Å². The number of rotatable bonds is 5. The lowest BCUT2D eigenvalue weighted by Crippen LogP contribution is -2.46. The standard InChI is InChI=1S/C12H26O2Si/c1-5-10-15(3,4)11-12(6-2)13-8-7-9-14-12/h5-11H2,1-4H3. The molecule has 1 fully saturated rings. The first-order valence-corrected chi connectivity index (χ1v) is 9.73. The van der Waals surface area contributed by atoms with Crippen molar-refractivity contribution < 1.29 is 9.47 Å². The molecule has 0 aliphatic carbocycles. The van der Waals surface area contributed by atoms with Crippen molar-refractivity contribution in [3.05, 3.63) is 0 Å². The van der Waals surface area contributed by atoms with E-state index in [1.54, 1.807) is 0 Å². The van der Waals surface area contributed by atoms with Gasteiger partial charge in [0, 0.05) is 0 Å². The molecule has 0 radical (unpaired) electrons. The predicted octanol–water partition coefficient (Wildman–Crippen LogP) is 3.65. The summed E-state index contributed by atoms with van der Waals surface area (Å²) >= 11 is 0. The normalized spacial score (nSPS) is 21.6. The van der Waals surface area contributed by atoms with E-state index in [4.69, 9.17) is 9.47 Å². The fraction of sp³-hybridized carbons (Fsp3) is 1.00. The van der Waals surface area contributed by atoms with Crippen molar-refractivity contribution in [3.8, 4) is 0 Å². The zero-order valence-electron chi connectivity index (χ0n) is 10.8. The molecule has 90 valence electrons. The van der Waals surface area contributed by atoms with Gasteiger partial charge in [0.2, 0.25) is 0 Å². The lowest BCUT2D eigenvalue weighted by atomic mass is 10.2. The van der Waals surface area contributed by atoms with Crippen LogP contribution in [-0.2, 0) is 9.47 Å². The first kappa shape index (κ1) is 13.2. The largest absolute Gasteiger partial charge is 0.350 e. The summed E-state index contributed by atoms with van der Waals surface area (Å²) in [6.45, 7) is 11.1. The summed E-state index contributed by atoms with van der Waals surface area (Å²) in [5.41, 5.74) is 0. The molecule has 1 aliphatic heterocycles. The van der Waals surface area contributed by atoms with Crippen molar-refractivity contribution in [3.63, 3.8) is 0 Å². The maximum atomic E-state index is 5.91.